The van der Waals surface area contributed by atoms with Crippen LogP contribution in [0.5, 0.6) is 5.75 Å². The van der Waals surface area contributed by atoms with Gasteiger partial charge in [-0.15, -0.1) is 0 Å². The fraction of sp³-hybridized carbons (Fsp3) is 0.500. The molecule has 1 saturated carbocycles. The lowest BCUT2D eigenvalue weighted by atomic mass is 9.96. The van der Waals surface area contributed by atoms with E-state index >= 15 is 0 Å². The van der Waals surface area contributed by atoms with Crippen molar-refractivity contribution in [2.75, 3.05) is 26.2 Å². The Morgan fingerprint density at radius 1 is 1.12 bits per heavy atom. The van der Waals surface area contributed by atoms with E-state index in [1.165, 1.54) is 12.0 Å². The van der Waals surface area contributed by atoms with Crippen LogP contribution >= 0.6 is 0 Å². The van der Waals surface area contributed by atoms with Gasteiger partial charge < -0.3 is 15.0 Å². The molecule has 1 saturated heterocycles. The predicted molar refractivity (Wildman–Crippen MR) is 134 cm³/mol. The molecular formula is C26H37N3O4S. The zero-order valence-electron chi connectivity index (χ0n) is 20.2. The third kappa shape index (κ3) is 7.29. The summed E-state index contributed by atoms with van der Waals surface area (Å²) < 4.78 is 33.0. The van der Waals surface area contributed by atoms with Crippen molar-refractivity contribution in [3.8, 4) is 5.75 Å². The van der Waals surface area contributed by atoms with Crippen LogP contribution in [0.1, 0.15) is 56.2 Å². The first-order valence-electron chi connectivity index (χ1n) is 12.2. The van der Waals surface area contributed by atoms with Crippen LogP contribution in [0, 0.1) is 6.92 Å². The molecule has 1 aliphatic heterocycles. The number of piperazine rings is 1. The standard InChI is InChI=1S/C15H23NO3S.C11H14N2O/c1-3-19-15-10-9-14(11-12(15)2)20(17,18)16-13-7-5-4-6-8-13;14-9-13-7-6-12-8-11(13)10-4-2-1-3-5-10/h9-11,13,16H,3-8H2,1-2H3;1-5,9,11-12H,6-8H2/t;11-/m.1/s1. The molecule has 2 N–H and O–H groups in total. The number of sulfonamides is 1. The number of amides is 1. The third-order valence-corrected chi connectivity index (χ3v) is 7.81. The molecule has 1 heterocycles. The van der Waals surface area contributed by atoms with Crippen LogP contribution < -0.4 is 14.8 Å². The predicted octanol–water partition coefficient (Wildman–Crippen LogP) is 3.79. The van der Waals surface area contributed by atoms with Gasteiger partial charge in [0.15, 0.2) is 0 Å². The van der Waals surface area contributed by atoms with Crippen molar-refractivity contribution in [2.45, 2.75) is 62.9 Å². The number of hydrogen-bond acceptors (Lipinski definition) is 5. The van der Waals surface area contributed by atoms with Crippen molar-refractivity contribution in [3.63, 3.8) is 0 Å². The Morgan fingerprint density at radius 2 is 1.85 bits per heavy atom. The fourth-order valence-corrected chi connectivity index (χ4v) is 5.83. The minimum absolute atomic E-state index is 0.0839. The summed E-state index contributed by atoms with van der Waals surface area (Å²) in [6.45, 7) is 6.89. The highest BCUT2D eigenvalue weighted by Crippen LogP contribution is 2.24. The second-order valence-corrected chi connectivity index (χ2v) is 10.5. The summed E-state index contributed by atoms with van der Waals surface area (Å²) in [5.74, 6) is 0.740. The molecule has 0 aromatic heterocycles. The molecule has 34 heavy (non-hydrogen) atoms. The molecule has 2 aliphatic rings. The van der Waals surface area contributed by atoms with Crippen LogP contribution in [0.2, 0.25) is 0 Å². The van der Waals surface area contributed by atoms with Crippen LogP contribution in [0.25, 0.3) is 0 Å². The molecule has 1 amide bonds. The van der Waals surface area contributed by atoms with Crippen molar-refractivity contribution < 1.29 is 17.9 Å². The second-order valence-electron chi connectivity index (χ2n) is 8.79. The van der Waals surface area contributed by atoms with E-state index in [0.29, 0.717) is 11.5 Å². The summed E-state index contributed by atoms with van der Waals surface area (Å²) in [4.78, 5) is 13.0. The van der Waals surface area contributed by atoms with Crippen molar-refractivity contribution in [1.82, 2.24) is 14.9 Å². The zero-order chi connectivity index (χ0) is 24.4. The third-order valence-electron chi connectivity index (χ3n) is 6.29. The van der Waals surface area contributed by atoms with Gasteiger partial charge in [0.1, 0.15) is 5.75 Å². The van der Waals surface area contributed by atoms with E-state index in [2.05, 4.69) is 22.2 Å². The Labute approximate surface area is 203 Å². The summed E-state index contributed by atoms with van der Waals surface area (Å²) in [7, 11) is -3.42. The van der Waals surface area contributed by atoms with Gasteiger partial charge in [-0.3, -0.25) is 4.79 Å². The Hall–Kier alpha value is -2.42. The maximum Gasteiger partial charge on any atom is 0.240 e. The number of aryl methyl sites for hydroxylation is 1. The van der Waals surface area contributed by atoms with Crippen molar-refractivity contribution in [2.24, 2.45) is 0 Å². The van der Waals surface area contributed by atoms with Crippen LogP contribution in [-0.2, 0) is 14.8 Å². The molecule has 0 bridgehead atoms. The quantitative estimate of drug-likeness (QED) is 0.580. The molecule has 4 rings (SSSR count). The molecule has 8 heteroatoms. The average molecular weight is 488 g/mol. The molecule has 7 nitrogen and oxygen atoms in total. The van der Waals surface area contributed by atoms with Crippen molar-refractivity contribution in [1.29, 1.82) is 0 Å². The Balaban J connectivity index is 0.000000202. The molecule has 0 spiro atoms. The second kappa shape index (κ2) is 12.9. The highest BCUT2D eigenvalue weighted by Gasteiger charge is 2.23. The van der Waals surface area contributed by atoms with Gasteiger partial charge in [-0.2, -0.15) is 0 Å². The summed E-state index contributed by atoms with van der Waals surface area (Å²) >= 11 is 0. The number of nitrogens with one attached hydrogen (secondary N) is 2. The minimum atomic E-state index is -3.42. The van der Waals surface area contributed by atoms with Crippen LogP contribution in [-0.4, -0.2) is 52.0 Å². The molecule has 1 atom stereocenters. The first-order chi connectivity index (χ1) is 16.4. The Morgan fingerprint density at radius 3 is 2.50 bits per heavy atom. The smallest absolute Gasteiger partial charge is 0.240 e. The maximum atomic E-state index is 12.4. The molecular weight excluding hydrogens is 450 g/mol. The van der Waals surface area contributed by atoms with Crippen LogP contribution in [0.4, 0.5) is 0 Å². The molecule has 2 aromatic rings. The van der Waals surface area contributed by atoms with Crippen molar-refractivity contribution >= 4 is 16.4 Å². The lowest BCUT2D eigenvalue weighted by molar-refractivity contribution is -0.121. The number of hydrogen-bond donors (Lipinski definition) is 2. The molecule has 2 aromatic carbocycles. The molecule has 0 radical (unpaired) electrons. The number of nitrogens with zero attached hydrogens (tertiary/aromatic N) is 1. The van der Waals surface area contributed by atoms with Crippen LogP contribution in [0.3, 0.4) is 0 Å². The molecule has 186 valence electrons. The SMILES string of the molecule is CCOc1ccc(S(=O)(=O)NC2CCCCC2)cc1C.O=CN1CCNC[C@@H]1c1ccccc1. The summed E-state index contributed by atoms with van der Waals surface area (Å²) in [5, 5.41) is 3.30. The normalized spacial score (nSPS) is 19.1. The molecule has 2 fully saturated rings. The van der Waals surface area contributed by atoms with Gasteiger partial charge in [0.2, 0.25) is 16.4 Å². The van der Waals surface area contributed by atoms with Crippen LogP contribution in [0.15, 0.2) is 53.4 Å². The molecule has 1 aliphatic carbocycles. The van der Waals surface area contributed by atoms with Crippen molar-refractivity contribution in [3.05, 3.63) is 59.7 Å². The largest absolute Gasteiger partial charge is 0.494 e. The van der Waals surface area contributed by atoms with E-state index < -0.39 is 10.0 Å². The van der Waals surface area contributed by atoms with E-state index in [-0.39, 0.29) is 12.1 Å². The monoisotopic (exact) mass is 487 g/mol. The van der Waals surface area contributed by atoms with Gasteiger partial charge >= 0.3 is 0 Å². The lowest BCUT2D eigenvalue weighted by Crippen LogP contribution is -2.45. The topological polar surface area (TPSA) is 87.7 Å². The van der Waals surface area contributed by atoms with E-state index in [9.17, 15) is 13.2 Å². The van der Waals surface area contributed by atoms with E-state index in [4.69, 9.17) is 4.74 Å². The number of carbonyl (C=O) groups excluding carboxylic acids is 1. The summed E-state index contributed by atoms with van der Waals surface area (Å²) in [6, 6.07) is 15.4. The molecule has 0 unspecified atom stereocenters. The van der Waals surface area contributed by atoms with Gasteiger partial charge in [-0.25, -0.2) is 13.1 Å². The fourth-order valence-electron chi connectivity index (χ4n) is 4.45. The Kier molecular flexibility index (Phi) is 9.92. The van der Waals surface area contributed by atoms with E-state index in [0.717, 1.165) is 63.0 Å². The first kappa shape index (κ1) is 26.2. The van der Waals surface area contributed by atoms with Gasteiger partial charge in [0.25, 0.3) is 0 Å². The van der Waals surface area contributed by atoms with Gasteiger partial charge in [0, 0.05) is 25.7 Å². The van der Waals surface area contributed by atoms with Gasteiger partial charge in [0.05, 0.1) is 17.5 Å². The number of ether oxygens (including phenoxy) is 1. The summed E-state index contributed by atoms with van der Waals surface area (Å²) in [5.41, 5.74) is 2.05. The number of carbonyl (C=O) groups is 1. The van der Waals surface area contributed by atoms with Gasteiger partial charge in [-0.1, -0.05) is 49.6 Å². The van der Waals surface area contributed by atoms with E-state index in [1.807, 2.05) is 36.9 Å². The number of benzene rings is 2. The first-order valence-corrected chi connectivity index (χ1v) is 13.7. The average Bonchev–Trinajstić information content (AvgIpc) is 2.86. The highest BCUT2D eigenvalue weighted by molar-refractivity contribution is 7.89. The zero-order valence-corrected chi connectivity index (χ0v) is 21.0. The number of rotatable bonds is 7. The van der Waals surface area contributed by atoms with Gasteiger partial charge in [-0.05, 0) is 56.0 Å². The Bertz CT molecular complexity index is 1010. The minimum Gasteiger partial charge on any atom is -0.494 e. The lowest BCUT2D eigenvalue weighted by Gasteiger charge is -2.33. The highest BCUT2D eigenvalue weighted by atomic mass is 32.2. The van der Waals surface area contributed by atoms with E-state index in [1.54, 1.807) is 18.2 Å². The maximum absolute atomic E-state index is 12.4. The summed E-state index contributed by atoms with van der Waals surface area (Å²) in [6.07, 6.45) is 6.24.